The number of rotatable bonds is 14. The Morgan fingerprint density at radius 3 is 1.16 bits per heavy atom. The predicted octanol–water partition coefficient (Wildman–Crippen LogP) is 11.0. The zero-order chi connectivity index (χ0) is 22.4. The first-order valence-corrected chi connectivity index (χ1v) is 14.9. The third-order valence-electron chi connectivity index (χ3n) is 9.00. The monoisotopic (exact) mass is 438 g/mol. The second-order valence-electron chi connectivity index (χ2n) is 11.5. The van der Waals surface area contributed by atoms with Gasteiger partial charge in [0.25, 0.3) is 0 Å². The van der Waals surface area contributed by atoms with E-state index in [0.29, 0.717) is 0 Å². The molecule has 0 unspecified atom stereocenters. The molecule has 0 atom stereocenters. The molecule has 2 aliphatic carbocycles. The van der Waals surface area contributed by atoms with Gasteiger partial charge in [-0.2, -0.15) is 0 Å². The molecule has 0 heteroatoms. The minimum atomic E-state index is 0.837. The van der Waals surface area contributed by atoms with Crippen molar-refractivity contribution >= 4 is 0 Å². The first-order valence-electron chi connectivity index (χ1n) is 14.9. The van der Waals surface area contributed by atoms with Gasteiger partial charge in [-0.05, 0) is 86.2 Å². The first kappa shape index (κ1) is 25.8. The molecule has 182 valence electrons. The molecule has 1 aromatic rings. The Kier molecular flexibility index (Phi) is 12.3. The maximum Gasteiger partial charge on any atom is -0.0162 e. The molecule has 0 saturated heterocycles. The maximum absolute atomic E-state index is 2.50. The fourth-order valence-electron chi connectivity index (χ4n) is 6.68. The molecule has 0 N–H and O–H groups in total. The zero-order valence-electron chi connectivity index (χ0n) is 21.8. The van der Waals surface area contributed by atoms with Gasteiger partial charge in [-0.15, -0.1) is 0 Å². The summed E-state index contributed by atoms with van der Waals surface area (Å²) in [5.74, 6) is 3.72. The summed E-state index contributed by atoms with van der Waals surface area (Å²) in [6, 6.07) is 10.0. The van der Waals surface area contributed by atoms with Crippen LogP contribution in [0.1, 0.15) is 165 Å². The van der Waals surface area contributed by atoms with Gasteiger partial charge in [-0.1, -0.05) is 115 Å². The molecule has 32 heavy (non-hydrogen) atoms. The van der Waals surface area contributed by atoms with Crippen molar-refractivity contribution in [2.75, 3.05) is 0 Å². The van der Waals surface area contributed by atoms with E-state index in [-0.39, 0.29) is 0 Å². The van der Waals surface area contributed by atoms with Crippen LogP contribution in [0.2, 0.25) is 0 Å². The molecular formula is C32H54. The molecule has 0 amide bonds. The summed E-state index contributed by atoms with van der Waals surface area (Å²) in [4.78, 5) is 0. The average Bonchev–Trinajstić information content (AvgIpc) is 2.85. The van der Waals surface area contributed by atoms with Gasteiger partial charge in [-0.25, -0.2) is 0 Å². The zero-order valence-corrected chi connectivity index (χ0v) is 21.8. The van der Waals surface area contributed by atoms with Gasteiger partial charge in [-0.3, -0.25) is 0 Å². The summed E-state index contributed by atoms with van der Waals surface area (Å²) in [7, 11) is 0. The molecule has 0 spiro atoms. The Hall–Kier alpha value is -0.780. The van der Waals surface area contributed by atoms with E-state index >= 15 is 0 Å². The van der Waals surface area contributed by atoms with Gasteiger partial charge in [0.1, 0.15) is 0 Å². The van der Waals surface area contributed by atoms with Gasteiger partial charge < -0.3 is 0 Å². The van der Waals surface area contributed by atoms with Crippen LogP contribution < -0.4 is 0 Å². The number of unbranched alkanes of at least 4 members (excludes halogenated alkanes) is 8. The van der Waals surface area contributed by atoms with Crippen molar-refractivity contribution in [3.63, 3.8) is 0 Å². The lowest BCUT2D eigenvalue weighted by Gasteiger charge is -2.30. The van der Waals surface area contributed by atoms with Gasteiger partial charge in [0.05, 0.1) is 0 Å². The quantitative estimate of drug-likeness (QED) is 0.253. The number of benzene rings is 1. The van der Waals surface area contributed by atoms with Crippen molar-refractivity contribution in [2.24, 2.45) is 11.8 Å². The Bertz CT molecular complexity index is 516. The second kappa shape index (κ2) is 15.2. The summed E-state index contributed by atoms with van der Waals surface area (Å²) in [5, 5.41) is 0. The Morgan fingerprint density at radius 1 is 0.469 bits per heavy atom. The van der Waals surface area contributed by atoms with Gasteiger partial charge in [0.2, 0.25) is 0 Å². The molecule has 3 rings (SSSR count). The summed E-state index contributed by atoms with van der Waals surface area (Å²) in [6.45, 7) is 4.63. The normalized spacial score (nSPS) is 26.3. The Labute approximate surface area is 201 Å². The van der Waals surface area contributed by atoms with E-state index in [1.807, 2.05) is 0 Å². The minimum absolute atomic E-state index is 0.837. The smallest absolute Gasteiger partial charge is 0.0162 e. The summed E-state index contributed by atoms with van der Waals surface area (Å²) in [5.41, 5.74) is 3.27. The molecule has 2 aliphatic rings. The fraction of sp³-hybridized carbons (Fsp3) is 0.812. The summed E-state index contributed by atoms with van der Waals surface area (Å²) in [6.07, 6.45) is 29.0. The highest BCUT2D eigenvalue weighted by Crippen LogP contribution is 2.40. The van der Waals surface area contributed by atoms with Crippen molar-refractivity contribution < 1.29 is 0 Å². The lowest BCUT2D eigenvalue weighted by molar-refractivity contribution is 0.300. The van der Waals surface area contributed by atoms with Crippen LogP contribution in [0.3, 0.4) is 0 Å². The molecule has 0 nitrogen and oxygen atoms in total. The van der Waals surface area contributed by atoms with Gasteiger partial charge in [0.15, 0.2) is 0 Å². The minimum Gasteiger partial charge on any atom is -0.0654 e. The molecule has 2 saturated carbocycles. The largest absolute Gasteiger partial charge is 0.0654 e. The fourth-order valence-corrected chi connectivity index (χ4v) is 6.68. The highest BCUT2D eigenvalue weighted by atomic mass is 14.3. The molecule has 2 fully saturated rings. The number of hydrogen-bond donors (Lipinski definition) is 0. The van der Waals surface area contributed by atoms with Crippen LogP contribution in [0.5, 0.6) is 0 Å². The molecule has 0 aliphatic heterocycles. The van der Waals surface area contributed by atoms with Crippen LogP contribution in [-0.2, 0) is 0 Å². The first-order chi connectivity index (χ1) is 15.8. The van der Waals surface area contributed by atoms with Gasteiger partial charge in [0, 0.05) is 0 Å². The van der Waals surface area contributed by atoms with E-state index in [0.717, 1.165) is 23.7 Å². The van der Waals surface area contributed by atoms with Crippen LogP contribution in [0.4, 0.5) is 0 Å². The number of hydrogen-bond acceptors (Lipinski definition) is 0. The average molecular weight is 439 g/mol. The highest BCUT2D eigenvalue weighted by molar-refractivity contribution is 5.28. The van der Waals surface area contributed by atoms with E-state index in [2.05, 4.69) is 38.1 Å². The predicted molar refractivity (Wildman–Crippen MR) is 143 cm³/mol. The molecule has 0 heterocycles. The van der Waals surface area contributed by atoms with Crippen molar-refractivity contribution in [1.82, 2.24) is 0 Å². The third-order valence-corrected chi connectivity index (χ3v) is 9.00. The lowest BCUT2D eigenvalue weighted by Crippen LogP contribution is -2.14. The van der Waals surface area contributed by atoms with Gasteiger partial charge >= 0.3 is 0 Å². The summed E-state index contributed by atoms with van der Waals surface area (Å²) >= 11 is 0. The van der Waals surface area contributed by atoms with Crippen LogP contribution in [0.25, 0.3) is 0 Å². The summed E-state index contributed by atoms with van der Waals surface area (Å²) < 4.78 is 0. The van der Waals surface area contributed by atoms with E-state index in [1.54, 1.807) is 11.1 Å². The molecule has 0 aromatic heterocycles. The Balaban J connectivity index is 1.32. The molecule has 1 aromatic carbocycles. The highest BCUT2D eigenvalue weighted by Gasteiger charge is 2.24. The van der Waals surface area contributed by atoms with Crippen molar-refractivity contribution in [3.8, 4) is 0 Å². The van der Waals surface area contributed by atoms with Crippen molar-refractivity contribution in [1.29, 1.82) is 0 Å². The van der Waals surface area contributed by atoms with Crippen LogP contribution in [0, 0.1) is 11.8 Å². The third kappa shape index (κ3) is 8.87. The van der Waals surface area contributed by atoms with Crippen LogP contribution in [0.15, 0.2) is 24.3 Å². The molecular weight excluding hydrogens is 384 g/mol. The lowest BCUT2D eigenvalue weighted by atomic mass is 9.75. The topological polar surface area (TPSA) is 0 Å². The van der Waals surface area contributed by atoms with Crippen molar-refractivity contribution in [3.05, 3.63) is 35.4 Å². The molecule has 0 radical (unpaired) electrons. The SMILES string of the molecule is CCCCCCCC1CCC(c2ccc(C3CCC(CCCCCCC)CC3)cc2)CC1. The van der Waals surface area contributed by atoms with E-state index in [9.17, 15) is 0 Å². The standard InChI is InChI=1S/C32H54/c1-3-5-7-9-11-13-27-15-19-29(20-16-27)31-23-25-32(26-24-31)30-21-17-28(18-22-30)14-12-10-8-6-4-2/h23-30H,3-22H2,1-2H3. The molecule has 0 bridgehead atoms. The van der Waals surface area contributed by atoms with Crippen LogP contribution >= 0.6 is 0 Å². The van der Waals surface area contributed by atoms with E-state index in [4.69, 9.17) is 0 Å². The van der Waals surface area contributed by atoms with Crippen molar-refractivity contribution in [2.45, 2.75) is 154 Å². The Morgan fingerprint density at radius 2 is 0.812 bits per heavy atom. The van der Waals surface area contributed by atoms with Crippen LogP contribution in [-0.4, -0.2) is 0 Å². The van der Waals surface area contributed by atoms with E-state index in [1.165, 1.54) is 128 Å². The second-order valence-corrected chi connectivity index (χ2v) is 11.5. The van der Waals surface area contributed by atoms with E-state index < -0.39 is 0 Å². The maximum atomic E-state index is 2.50.